The number of nitrogens with zero attached hydrogens (tertiary/aromatic N) is 2. The van der Waals surface area contributed by atoms with Gasteiger partial charge >= 0.3 is 0 Å². The molecule has 2 N–H and O–H groups in total. The number of aliphatic hydroxyl groups excluding tert-OH is 1. The summed E-state index contributed by atoms with van der Waals surface area (Å²) in [6.45, 7) is 6.07. The van der Waals surface area contributed by atoms with E-state index in [0.29, 0.717) is 12.1 Å². The van der Waals surface area contributed by atoms with Crippen LogP contribution in [0, 0.1) is 4.77 Å². The lowest BCUT2D eigenvalue weighted by atomic mass is 10.1. The van der Waals surface area contributed by atoms with E-state index in [-0.39, 0.29) is 23.0 Å². The first-order valence-corrected chi connectivity index (χ1v) is 9.47. The monoisotopic (exact) mass is 383 g/mol. The molecule has 1 aromatic heterocycles. The second-order valence-electron chi connectivity index (χ2n) is 7.62. The molecule has 4 unspecified atom stereocenters. The molecule has 0 amide bonds. The van der Waals surface area contributed by atoms with E-state index in [1.807, 2.05) is 13.8 Å². The van der Waals surface area contributed by atoms with Crippen LogP contribution in [0.5, 0.6) is 0 Å². The average Bonchev–Trinajstić information content (AvgIpc) is 3.25. The molecule has 4 atom stereocenters. The summed E-state index contributed by atoms with van der Waals surface area (Å²) in [5.74, 6) is -0.756. The second-order valence-corrected chi connectivity index (χ2v) is 8.00. The molecule has 26 heavy (non-hydrogen) atoms. The number of fused-ring (bicyclic) bond motifs is 1. The van der Waals surface area contributed by atoms with Crippen LogP contribution in [0.4, 0.5) is 0 Å². The van der Waals surface area contributed by atoms with Crippen LogP contribution in [-0.4, -0.2) is 63.4 Å². The first-order chi connectivity index (χ1) is 12.4. The molecule has 4 heterocycles. The molecule has 0 spiro atoms. The number of hydrogen-bond acceptors (Lipinski definition) is 7. The Balaban J connectivity index is 1.66. The van der Waals surface area contributed by atoms with Gasteiger partial charge in [0, 0.05) is 18.3 Å². The summed E-state index contributed by atoms with van der Waals surface area (Å²) in [5, 5.41) is 9.65. The highest BCUT2D eigenvalue weighted by Crippen LogP contribution is 2.42. The van der Waals surface area contributed by atoms with Crippen LogP contribution >= 0.6 is 12.2 Å². The smallest absolute Gasteiger partial charge is 0.256 e. The molecule has 0 aliphatic carbocycles. The van der Waals surface area contributed by atoms with E-state index in [0.717, 1.165) is 25.9 Å². The zero-order valence-electron chi connectivity index (χ0n) is 15.0. The first-order valence-electron chi connectivity index (χ1n) is 9.06. The van der Waals surface area contributed by atoms with Crippen molar-refractivity contribution in [3.05, 3.63) is 26.9 Å². The van der Waals surface area contributed by atoms with Gasteiger partial charge in [0.05, 0.1) is 6.61 Å². The molecule has 1 aromatic rings. The van der Waals surface area contributed by atoms with Gasteiger partial charge in [-0.1, -0.05) is 0 Å². The van der Waals surface area contributed by atoms with Crippen molar-refractivity contribution >= 4 is 12.2 Å². The maximum atomic E-state index is 12.3. The highest BCUT2D eigenvalue weighted by atomic mass is 32.1. The van der Waals surface area contributed by atoms with Gasteiger partial charge in [0.15, 0.2) is 16.8 Å². The third kappa shape index (κ3) is 3.28. The topological polar surface area (TPSA) is 89.0 Å². The van der Waals surface area contributed by atoms with Gasteiger partial charge in [-0.3, -0.25) is 19.2 Å². The first kappa shape index (κ1) is 18.3. The summed E-state index contributed by atoms with van der Waals surface area (Å²) >= 11 is 5.37. The average molecular weight is 383 g/mol. The number of aliphatic hydroxyl groups is 1. The molecule has 9 heteroatoms. The minimum atomic E-state index is -0.756. The summed E-state index contributed by atoms with van der Waals surface area (Å²) in [5.41, 5.74) is 0.474. The SMILES string of the molecule is CC1(C)OC2C(CO)OC(n3cc(CN4CCCC4)c(=O)[nH]c3=S)C2O1. The van der Waals surface area contributed by atoms with Crippen molar-refractivity contribution in [3.63, 3.8) is 0 Å². The van der Waals surface area contributed by atoms with Gasteiger partial charge in [-0.2, -0.15) is 0 Å². The minimum Gasteiger partial charge on any atom is -0.394 e. The fourth-order valence-corrected chi connectivity index (χ4v) is 4.29. The molecule has 0 radical (unpaired) electrons. The van der Waals surface area contributed by atoms with E-state index >= 15 is 0 Å². The van der Waals surface area contributed by atoms with E-state index in [2.05, 4.69) is 9.88 Å². The number of H-pyrrole nitrogens is 1. The fraction of sp³-hybridized carbons (Fsp3) is 0.765. The van der Waals surface area contributed by atoms with E-state index in [1.165, 1.54) is 0 Å². The zero-order valence-corrected chi connectivity index (χ0v) is 15.8. The van der Waals surface area contributed by atoms with Crippen LogP contribution in [-0.2, 0) is 20.8 Å². The van der Waals surface area contributed by atoms with Gasteiger partial charge in [0.25, 0.3) is 5.56 Å². The number of rotatable bonds is 4. The molecule has 0 saturated carbocycles. The summed E-state index contributed by atoms with van der Waals surface area (Å²) in [6, 6.07) is 0. The summed E-state index contributed by atoms with van der Waals surface area (Å²) < 4.78 is 19.9. The fourth-order valence-electron chi connectivity index (χ4n) is 4.04. The minimum absolute atomic E-state index is 0.171. The van der Waals surface area contributed by atoms with Gasteiger partial charge in [-0.25, -0.2) is 0 Å². The largest absolute Gasteiger partial charge is 0.394 e. The van der Waals surface area contributed by atoms with E-state index in [4.69, 9.17) is 26.4 Å². The Morgan fingerprint density at radius 3 is 2.69 bits per heavy atom. The number of aromatic nitrogens is 2. The Morgan fingerprint density at radius 2 is 2.00 bits per heavy atom. The van der Waals surface area contributed by atoms with Gasteiger partial charge < -0.3 is 19.3 Å². The van der Waals surface area contributed by atoms with Crippen molar-refractivity contribution in [3.8, 4) is 0 Å². The number of hydrogen-bond donors (Lipinski definition) is 2. The molecule has 0 bridgehead atoms. The van der Waals surface area contributed by atoms with Crippen LogP contribution < -0.4 is 5.56 Å². The highest BCUT2D eigenvalue weighted by molar-refractivity contribution is 7.71. The van der Waals surface area contributed by atoms with Crippen molar-refractivity contribution in [2.24, 2.45) is 0 Å². The Kier molecular flexibility index (Phi) is 4.79. The van der Waals surface area contributed by atoms with Crippen LogP contribution in [0.25, 0.3) is 0 Å². The maximum absolute atomic E-state index is 12.3. The molecule has 3 saturated heterocycles. The molecule has 0 aromatic carbocycles. The molecule has 3 aliphatic rings. The Hall–Kier alpha value is -1.10. The van der Waals surface area contributed by atoms with Crippen LogP contribution in [0.15, 0.2) is 11.0 Å². The van der Waals surface area contributed by atoms with Gasteiger partial charge in [-0.05, 0) is 52.0 Å². The van der Waals surface area contributed by atoms with E-state index in [1.54, 1.807) is 10.8 Å². The van der Waals surface area contributed by atoms with Gasteiger partial charge in [-0.15, -0.1) is 0 Å². The van der Waals surface area contributed by atoms with E-state index in [9.17, 15) is 9.90 Å². The molecule has 3 fully saturated rings. The van der Waals surface area contributed by atoms with Crippen LogP contribution in [0.3, 0.4) is 0 Å². The molecule has 4 rings (SSSR count). The summed E-state index contributed by atoms with van der Waals surface area (Å²) in [4.78, 5) is 17.4. The van der Waals surface area contributed by atoms with E-state index < -0.39 is 24.2 Å². The lowest BCUT2D eigenvalue weighted by molar-refractivity contribution is -0.200. The predicted octanol–water partition coefficient (Wildman–Crippen LogP) is 0.911. The van der Waals surface area contributed by atoms with Crippen LogP contribution in [0.2, 0.25) is 0 Å². The summed E-state index contributed by atoms with van der Waals surface area (Å²) in [6.07, 6.45) is 2.24. The van der Waals surface area contributed by atoms with Crippen molar-refractivity contribution in [2.45, 2.75) is 63.6 Å². The Labute approximate surface area is 156 Å². The zero-order chi connectivity index (χ0) is 18.5. The third-order valence-electron chi connectivity index (χ3n) is 5.21. The highest BCUT2D eigenvalue weighted by Gasteiger charge is 2.55. The van der Waals surface area contributed by atoms with Crippen molar-refractivity contribution in [1.29, 1.82) is 0 Å². The molecule has 3 aliphatic heterocycles. The normalized spacial score (nSPS) is 33.7. The summed E-state index contributed by atoms with van der Waals surface area (Å²) in [7, 11) is 0. The maximum Gasteiger partial charge on any atom is 0.256 e. The molecular weight excluding hydrogens is 358 g/mol. The second kappa shape index (κ2) is 6.81. The Morgan fingerprint density at radius 1 is 1.31 bits per heavy atom. The van der Waals surface area contributed by atoms with Gasteiger partial charge in [0.2, 0.25) is 0 Å². The number of aromatic amines is 1. The van der Waals surface area contributed by atoms with Gasteiger partial charge in [0.1, 0.15) is 18.3 Å². The molecular formula is C17H25N3O5S. The van der Waals surface area contributed by atoms with Crippen LogP contribution in [0.1, 0.15) is 38.5 Å². The van der Waals surface area contributed by atoms with Crippen molar-refractivity contribution in [1.82, 2.24) is 14.5 Å². The lowest BCUT2D eigenvalue weighted by Gasteiger charge is -2.25. The van der Waals surface area contributed by atoms with Crippen molar-refractivity contribution in [2.75, 3.05) is 19.7 Å². The Bertz CT molecular complexity index is 785. The lowest BCUT2D eigenvalue weighted by Crippen LogP contribution is -2.32. The predicted molar refractivity (Wildman–Crippen MR) is 95.2 cm³/mol. The number of likely N-dealkylation sites (tertiary alicyclic amines) is 1. The number of nitrogens with one attached hydrogen (secondary N) is 1. The number of ether oxygens (including phenoxy) is 3. The molecule has 144 valence electrons. The standard InChI is InChI=1S/C17H25N3O5S/c1-17(2)24-12-11(9-21)23-15(13(12)25-17)20-8-10(14(22)18-16(20)26)7-19-5-3-4-6-19/h8,11-13,15,21H,3-7,9H2,1-2H3,(H,18,22,26). The van der Waals surface area contributed by atoms with Crippen molar-refractivity contribution < 1.29 is 19.3 Å². The quantitative estimate of drug-likeness (QED) is 0.747. The third-order valence-corrected chi connectivity index (χ3v) is 5.53. The molecule has 8 nitrogen and oxygen atoms in total.